The number of nitrogens with zero attached hydrogens (tertiary/aromatic N) is 2. The van der Waals surface area contributed by atoms with Crippen molar-refractivity contribution in [3.05, 3.63) is 45.5 Å². The summed E-state index contributed by atoms with van der Waals surface area (Å²) in [7, 11) is 0. The number of hydrogen-bond acceptors (Lipinski definition) is 3. The molecule has 1 aromatic heterocycles. The van der Waals surface area contributed by atoms with Crippen molar-refractivity contribution in [1.29, 1.82) is 0 Å². The van der Waals surface area contributed by atoms with Crippen molar-refractivity contribution in [3.8, 4) is 0 Å². The maximum absolute atomic E-state index is 13.6. The molecular formula is C11H8BrClFN3. The van der Waals surface area contributed by atoms with Gasteiger partial charge in [-0.15, -0.1) is 0 Å². The fourth-order valence-electron chi connectivity index (χ4n) is 1.33. The van der Waals surface area contributed by atoms with Crippen molar-refractivity contribution in [2.75, 3.05) is 5.32 Å². The van der Waals surface area contributed by atoms with Gasteiger partial charge in [0.25, 0.3) is 0 Å². The molecule has 0 aliphatic rings. The summed E-state index contributed by atoms with van der Waals surface area (Å²) in [5, 5.41) is 2.92. The van der Waals surface area contributed by atoms with Gasteiger partial charge in [-0.3, -0.25) is 0 Å². The summed E-state index contributed by atoms with van der Waals surface area (Å²) in [5.41, 5.74) is 0.280. The molecule has 6 heteroatoms. The van der Waals surface area contributed by atoms with Crippen LogP contribution in [0.3, 0.4) is 0 Å². The van der Waals surface area contributed by atoms with E-state index in [1.54, 1.807) is 25.1 Å². The van der Waals surface area contributed by atoms with Crippen LogP contribution >= 0.6 is 27.5 Å². The normalized spacial score (nSPS) is 10.4. The highest BCUT2D eigenvalue weighted by atomic mass is 79.9. The predicted octanol–water partition coefficient (Wildman–Crippen LogP) is 4.08. The zero-order valence-electron chi connectivity index (χ0n) is 8.84. The highest BCUT2D eigenvalue weighted by Crippen LogP contribution is 2.25. The number of hydrogen-bond donors (Lipinski definition) is 1. The Bertz CT molecular complexity index is 542. The number of anilines is 2. The summed E-state index contributed by atoms with van der Waals surface area (Å²) in [6.07, 6.45) is 0. The van der Waals surface area contributed by atoms with Crippen molar-refractivity contribution < 1.29 is 4.39 Å². The maximum atomic E-state index is 13.6. The second-order valence-corrected chi connectivity index (χ2v) is 4.57. The Hall–Kier alpha value is -1.20. The third-order valence-electron chi connectivity index (χ3n) is 2.02. The first-order valence-corrected chi connectivity index (χ1v) is 5.95. The summed E-state index contributed by atoms with van der Waals surface area (Å²) >= 11 is 8.93. The number of aromatic nitrogens is 2. The maximum Gasteiger partial charge on any atom is 0.165 e. The molecule has 0 aliphatic heterocycles. The molecule has 2 aromatic rings. The van der Waals surface area contributed by atoms with Gasteiger partial charge in [0.2, 0.25) is 0 Å². The molecule has 0 radical (unpaired) electrons. The van der Waals surface area contributed by atoms with Gasteiger partial charge in [0.15, 0.2) is 5.82 Å². The lowest BCUT2D eigenvalue weighted by Crippen LogP contribution is -1.99. The lowest BCUT2D eigenvalue weighted by molar-refractivity contribution is 0.632. The average Bonchev–Trinajstić information content (AvgIpc) is 2.23. The molecule has 0 atom stereocenters. The lowest BCUT2D eigenvalue weighted by atomic mass is 10.3. The molecule has 1 N–H and O–H groups in total. The Morgan fingerprint density at radius 3 is 2.82 bits per heavy atom. The van der Waals surface area contributed by atoms with Crippen LogP contribution in [0.25, 0.3) is 0 Å². The Labute approximate surface area is 111 Å². The zero-order chi connectivity index (χ0) is 12.4. The van der Waals surface area contributed by atoms with Crippen LogP contribution in [0.15, 0.2) is 28.9 Å². The van der Waals surface area contributed by atoms with Crippen molar-refractivity contribution in [1.82, 2.24) is 9.97 Å². The highest BCUT2D eigenvalue weighted by Gasteiger charge is 2.07. The SMILES string of the molecule is Cc1nc(Br)cc(Nc2cccc(Cl)c2F)n1. The van der Waals surface area contributed by atoms with Gasteiger partial charge in [-0.05, 0) is 35.0 Å². The summed E-state index contributed by atoms with van der Waals surface area (Å²) in [4.78, 5) is 8.20. The molecular weight excluding hydrogens is 308 g/mol. The first kappa shape index (κ1) is 12.3. The second kappa shape index (κ2) is 4.98. The minimum Gasteiger partial charge on any atom is -0.338 e. The van der Waals surface area contributed by atoms with Crippen LogP contribution < -0.4 is 5.32 Å². The molecule has 0 saturated carbocycles. The molecule has 1 aromatic carbocycles. The van der Waals surface area contributed by atoms with Crippen LogP contribution in [-0.2, 0) is 0 Å². The first-order valence-electron chi connectivity index (χ1n) is 4.78. The fraction of sp³-hybridized carbons (Fsp3) is 0.0909. The molecule has 88 valence electrons. The van der Waals surface area contributed by atoms with Crippen LogP contribution in [0, 0.1) is 12.7 Å². The van der Waals surface area contributed by atoms with E-state index >= 15 is 0 Å². The van der Waals surface area contributed by atoms with E-state index in [9.17, 15) is 4.39 Å². The number of aryl methyl sites for hydroxylation is 1. The van der Waals surface area contributed by atoms with Crippen LogP contribution in [0.5, 0.6) is 0 Å². The summed E-state index contributed by atoms with van der Waals surface area (Å²) < 4.78 is 14.3. The molecule has 2 rings (SSSR count). The minimum absolute atomic E-state index is 0.0693. The van der Waals surface area contributed by atoms with Gasteiger partial charge in [-0.1, -0.05) is 17.7 Å². The quantitative estimate of drug-likeness (QED) is 0.848. The first-order chi connectivity index (χ1) is 8.06. The van der Waals surface area contributed by atoms with E-state index < -0.39 is 5.82 Å². The number of benzene rings is 1. The van der Waals surface area contributed by atoms with Gasteiger partial charge in [-0.2, -0.15) is 0 Å². The van der Waals surface area contributed by atoms with E-state index in [-0.39, 0.29) is 10.7 Å². The fourth-order valence-corrected chi connectivity index (χ4v) is 1.98. The molecule has 0 aliphatic carbocycles. The van der Waals surface area contributed by atoms with E-state index in [0.29, 0.717) is 16.2 Å². The Balaban J connectivity index is 2.34. The minimum atomic E-state index is -0.499. The van der Waals surface area contributed by atoms with Crippen LogP contribution in [0.4, 0.5) is 15.9 Å². The summed E-state index contributed by atoms with van der Waals surface area (Å²) in [6.45, 7) is 1.75. The van der Waals surface area contributed by atoms with E-state index in [2.05, 4.69) is 31.2 Å². The third-order valence-corrected chi connectivity index (χ3v) is 2.72. The number of rotatable bonds is 2. The van der Waals surface area contributed by atoms with Crippen molar-refractivity contribution >= 4 is 39.0 Å². The van der Waals surface area contributed by atoms with Gasteiger partial charge in [0.1, 0.15) is 16.2 Å². The molecule has 0 saturated heterocycles. The molecule has 0 unspecified atom stereocenters. The van der Waals surface area contributed by atoms with Crippen molar-refractivity contribution in [3.63, 3.8) is 0 Å². The van der Waals surface area contributed by atoms with Crippen LogP contribution in [0.2, 0.25) is 5.02 Å². The van der Waals surface area contributed by atoms with E-state index in [4.69, 9.17) is 11.6 Å². The smallest absolute Gasteiger partial charge is 0.165 e. The zero-order valence-corrected chi connectivity index (χ0v) is 11.2. The van der Waals surface area contributed by atoms with Gasteiger partial charge in [-0.25, -0.2) is 14.4 Å². The average molecular weight is 317 g/mol. The van der Waals surface area contributed by atoms with Gasteiger partial charge in [0, 0.05) is 6.07 Å². The molecule has 0 amide bonds. The number of halogens is 3. The second-order valence-electron chi connectivity index (χ2n) is 3.35. The largest absolute Gasteiger partial charge is 0.338 e. The lowest BCUT2D eigenvalue weighted by Gasteiger charge is -2.08. The third kappa shape index (κ3) is 2.92. The molecule has 3 nitrogen and oxygen atoms in total. The topological polar surface area (TPSA) is 37.8 Å². The van der Waals surface area contributed by atoms with Gasteiger partial charge < -0.3 is 5.32 Å². The monoisotopic (exact) mass is 315 g/mol. The van der Waals surface area contributed by atoms with E-state index in [0.717, 1.165) is 0 Å². The van der Waals surface area contributed by atoms with Crippen molar-refractivity contribution in [2.45, 2.75) is 6.92 Å². The molecule has 0 bridgehead atoms. The molecule has 0 fully saturated rings. The molecule has 17 heavy (non-hydrogen) atoms. The molecule has 0 spiro atoms. The predicted molar refractivity (Wildman–Crippen MR) is 69.2 cm³/mol. The standard InChI is InChI=1S/C11H8BrClFN3/c1-6-15-9(12)5-10(16-6)17-8-4-2-3-7(13)11(8)14/h2-5H,1H3,(H,15,16,17). The summed E-state index contributed by atoms with van der Waals surface area (Å²) in [5.74, 6) is 0.594. The number of nitrogens with one attached hydrogen (secondary N) is 1. The van der Waals surface area contributed by atoms with Gasteiger partial charge >= 0.3 is 0 Å². The highest BCUT2D eigenvalue weighted by molar-refractivity contribution is 9.10. The summed E-state index contributed by atoms with van der Waals surface area (Å²) in [6, 6.07) is 6.40. The molecule has 1 heterocycles. The van der Waals surface area contributed by atoms with Crippen LogP contribution in [0.1, 0.15) is 5.82 Å². The van der Waals surface area contributed by atoms with Gasteiger partial charge in [0.05, 0.1) is 10.7 Å². The Morgan fingerprint density at radius 1 is 1.35 bits per heavy atom. The van der Waals surface area contributed by atoms with Crippen LogP contribution in [-0.4, -0.2) is 9.97 Å². The Morgan fingerprint density at radius 2 is 2.12 bits per heavy atom. The van der Waals surface area contributed by atoms with Crippen molar-refractivity contribution in [2.24, 2.45) is 0 Å². The van der Waals surface area contributed by atoms with E-state index in [1.165, 1.54) is 6.07 Å². The van der Waals surface area contributed by atoms with E-state index in [1.807, 2.05) is 0 Å². The Kier molecular flexibility index (Phi) is 3.59.